The lowest BCUT2D eigenvalue weighted by atomic mass is 10.1. The van der Waals surface area contributed by atoms with Gasteiger partial charge in [-0.3, -0.25) is 10.1 Å². The summed E-state index contributed by atoms with van der Waals surface area (Å²) in [4.78, 5) is 10.8. The minimum absolute atomic E-state index is 0.124. The quantitative estimate of drug-likeness (QED) is 0.595. The molecule has 1 unspecified atom stereocenters. The maximum Gasteiger partial charge on any atom is 0.321 e. The van der Waals surface area contributed by atoms with Crippen molar-refractivity contribution in [1.82, 2.24) is 5.32 Å². The van der Waals surface area contributed by atoms with E-state index < -0.39 is 24.0 Å². The number of nitrogens with one attached hydrogen (secondary N) is 1. The number of hydrogen-bond donors (Lipinski definition) is 3. The summed E-state index contributed by atoms with van der Waals surface area (Å²) in [6.07, 6.45) is -1.27. The molecule has 15 heavy (non-hydrogen) atoms. The molecule has 0 heterocycles. The predicted octanol–water partition coefficient (Wildman–Crippen LogP) is 0.776. The van der Waals surface area contributed by atoms with Gasteiger partial charge in [-0.15, -0.1) is 0 Å². The van der Waals surface area contributed by atoms with Crippen molar-refractivity contribution in [3.8, 4) is 0 Å². The Bertz CT molecular complexity index is 210. The lowest BCUT2D eigenvalue weighted by Crippen LogP contribution is -2.49. The molecule has 3 N–H and O–H groups in total. The molecular formula is C10H21NO4. The van der Waals surface area contributed by atoms with Gasteiger partial charge in [-0.05, 0) is 26.7 Å². The van der Waals surface area contributed by atoms with E-state index in [1.165, 1.54) is 0 Å². The van der Waals surface area contributed by atoms with E-state index in [2.05, 4.69) is 5.32 Å². The summed E-state index contributed by atoms with van der Waals surface area (Å²) in [7, 11) is 0. The average molecular weight is 219 g/mol. The van der Waals surface area contributed by atoms with E-state index in [4.69, 9.17) is 9.84 Å². The third-order valence-corrected chi connectivity index (χ3v) is 1.72. The van der Waals surface area contributed by atoms with E-state index in [0.29, 0.717) is 0 Å². The summed E-state index contributed by atoms with van der Waals surface area (Å²) in [6, 6.07) is -0.817. The Labute approximate surface area is 90.4 Å². The molecule has 0 aromatic heterocycles. The highest BCUT2D eigenvalue weighted by molar-refractivity contribution is 5.73. The van der Waals surface area contributed by atoms with Crippen LogP contribution in [0.2, 0.25) is 0 Å². The first-order valence-electron chi connectivity index (χ1n) is 4.98. The Morgan fingerprint density at radius 1 is 1.33 bits per heavy atom. The van der Waals surface area contributed by atoms with Crippen molar-refractivity contribution in [1.29, 1.82) is 0 Å². The summed E-state index contributed by atoms with van der Waals surface area (Å²) in [6.45, 7) is 8.86. The molecule has 0 spiro atoms. The molecule has 0 aromatic rings. The van der Waals surface area contributed by atoms with E-state index in [1.807, 2.05) is 0 Å². The maximum atomic E-state index is 10.8. The van der Waals surface area contributed by atoms with Crippen LogP contribution in [-0.4, -0.2) is 34.2 Å². The molecular weight excluding hydrogens is 198 g/mol. The summed E-state index contributed by atoms with van der Waals surface area (Å²) >= 11 is 0. The van der Waals surface area contributed by atoms with Crippen LogP contribution in [0.5, 0.6) is 0 Å². The normalized spacial score (nSPS) is 16.5. The van der Waals surface area contributed by atoms with Crippen molar-refractivity contribution in [2.45, 2.75) is 52.7 Å². The van der Waals surface area contributed by atoms with Crippen LogP contribution in [0.1, 0.15) is 34.6 Å². The van der Waals surface area contributed by atoms with E-state index in [0.717, 1.165) is 0 Å². The SMILES string of the molecule is CC(C)[C@H](NC(O)OC(C)(C)C)C(=O)O. The van der Waals surface area contributed by atoms with Gasteiger partial charge in [0, 0.05) is 0 Å². The minimum atomic E-state index is -1.27. The molecule has 5 nitrogen and oxygen atoms in total. The molecule has 0 fully saturated rings. The van der Waals surface area contributed by atoms with Gasteiger partial charge in [0.1, 0.15) is 6.04 Å². The molecule has 0 aliphatic rings. The number of aliphatic hydroxyl groups is 1. The largest absolute Gasteiger partial charge is 0.480 e. The standard InChI is InChI=1S/C10H21NO4/c1-6(2)7(8(12)13)11-9(14)15-10(3,4)5/h6-7,9,11,14H,1-5H3,(H,12,13)/t7-,9?/m0/s1. The topological polar surface area (TPSA) is 78.8 Å². The molecule has 0 saturated carbocycles. The van der Waals surface area contributed by atoms with Crippen molar-refractivity contribution in [3.05, 3.63) is 0 Å². The Morgan fingerprint density at radius 3 is 2.07 bits per heavy atom. The number of carbonyl (C=O) groups is 1. The zero-order chi connectivity index (χ0) is 12.2. The van der Waals surface area contributed by atoms with E-state index in [-0.39, 0.29) is 5.92 Å². The lowest BCUT2D eigenvalue weighted by molar-refractivity contribution is -0.191. The highest BCUT2D eigenvalue weighted by Crippen LogP contribution is 2.10. The number of rotatable bonds is 5. The molecule has 0 aliphatic heterocycles. The van der Waals surface area contributed by atoms with Gasteiger partial charge in [0.25, 0.3) is 0 Å². The molecule has 0 aromatic carbocycles. The van der Waals surface area contributed by atoms with Crippen LogP contribution in [0, 0.1) is 5.92 Å². The van der Waals surface area contributed by atoms with Crippen molar-refractivity contribution < 1.29 is 19.7 Å². The van der Waals surface area contributed by atoms with Crippen LogP contribution >= 0.6 is 0 Å². The highest BCUT2D eigenvalue weighted by atomic mass is 16.6. The van der Waals surface area contributed by atoms with Gasteiger partial charge in [-0.1, -0.05) is 13.8 Å². The van der Waals surface area contributed by atoms with Crippen molar-refractivity contribution >= 4 is 5.97 Å². The Kier molecular flexibility index (Phi) is 5.20. The summed E-state index contributed by atoms with van der Waals surface area (Å²) < 4.78 is 5.15. The number of aliphatic carboxylic acids is 1. The molecule has 0 aliphatic carbocycles. The first-order chi connectivity index (χ1) is 6.63. The van der Waals surface area contributed by atoms with Gasteiger partial charge in [-0.2, -0.15) is 0 Å². The van der Waals surface area contributed by atoms with Crippen LogP contribution in [0.3, 0.4) is 0 Å². The highest BCUT2D eigenvalue weighted by Gasteiger charge is 2.26. The summed E-state index contributed by atoms with van der Waals surface area (Å²) in [5, 5.41) is 20.8. The van der Waals surface area contributed by atoms with E-state index in [9.17, 15) is 9.90 Å². The third kappa shape index (κ3) is 6.43. The number of carboxylic acid groups (broad SMARTS) is 1. The molecule has 5 heteroatoms. The average Bonchev–Trinajstić information content (AvgIpc) is 1.95. The van der Waals surface area contributed by atoms with Gasteiger partial charge >= 0.3 is 5.97 Å². The van der Waals surface area contributed by atoms with Gasteiger partial charge in [0.15, 0.2) is 0 Å². The van der Waals surface area contributed by atoms with Crippen LogP contribution in [0.4, 0.5) is 0 Å². The second-order valence-electron chi connectivity index (χ2n) is 4.81. The van der Waals surface area contributed by atoms with Crippen molar-refractivity contribution in [3.63, 3.8) is 0 Å². The molecule has 2 atom stereocenters. The van der Waals surface area contributed by atoms with E-state index >= 15 is 0 Å². The number of hydrogen-bond acceptors (Lipinski definition) is 4. The Balaban J connectivity index is 4.24. The second-order valence-corrected chi connectivity index (χ2v) is 4.81. The van der Waals surface area contributed by atoms with Crippen molar-refractivity contribution in [2.24, 2.45) is 5.92 Å². The number of carboxylic acids is 1. The summed E-state index contributed by atoms with van der Waals surface area (Å²) in [5.41, 5.74) is -0.521. The fraction of sp³-hybridized carbons (Fsp3) is 0.900. The molecule has 0 radical (unpaired) electrons. The molecule has 0 amide bonds. The van der Waals surface area contributed by atoms with Gasteiger partial charge in [0.2, 0.25) is 6.41 Å². The van der Waals surface area contributed by atoms with Crippen LogP contribution in [0.15, 0.2) is 0 Å². The van der Waals surface area contributed by atoms with Crippen LogP contribution in [-0.2, 0) is 9.53 Å². The predicted molar refractivity (Wildman–Crippen MR) is 56.2 cm³/mol. The Hall–Kier alpha value is -0.650. The number of aliphatic hydroxyl groups excluding tert-OH is 1. The molecule has 0 bridgehead atoms. The van der Waals surface area contributed by atoms with Crippen molar-refractivity contribution in [2.75, 3.05) is 0 Å². The van der Waals surface area contributed by atoms with E-state index in [1.54, 1.807) is 34.6 Å². The van der Waals surface area contributed by atoms with Crippen LogP contribution < -0.4 is 5.32 Å². The van der Waals surface area contributed by atoms with Gasteiger partial charge in [0.05, 0.1) is 5.60 Å². The van der Waals surface area contributed by atoms with Gasteiger partial charge in [-0.25, -0.2) is 0 Å². The first-order valence-corrected chi connectivity index (χ1v) is 4.98. The molecule has 0 saturated heterocycles. The molecule has 90 valence electrons. The monoisotopic (exact) mass is 219 g/mol. The fourth-order valence-corrected chi connectivity index (χ4v) is 1.07. The smallest absolute Gasteiger partial charge is 0.321 e. The van der Waals surface area contributed by atoms with Gasteiger partial charge < -0.3 is 14.9 Å². The molecule has 0 rings (SSSR count). The Morgan fingerprint density at radius 2 is 1.80 bits per heavy atom. The van der Waals surface area contributed by atoms with Crippen LogP contribution in [0.25, 0.3) is 0 Å². The number of ether oxygens (including phenoxy) is 1. The lowest BCUT2D eigenvalue weighted by Gasteiger charge is -2.27. The second kappa shape index (κ2) is 5.44. The minimum Gasteiger partial charge on any atom is -0.480 e. The third-order valence-electron chi connectivity index (χ3n) is 1.72. The zero-order valence-electron chi connectivity index (χ0n) is 9.94. The fourth-order valence-electron chi connectivity index (χ4n) is 1.07. The first kappa shape index (κ1) is 14.3. The summed E-state index contributed by atoms with van der Waals surface area (Å²) in [5.74, 6) is -1.12. The maximum absolute atomic E-state index is 10.8. The zero-order valence-corrected chi connectivity index (χ0v) is 9.94.